The third kappa shape index (κ3) is 5.15. The van der Waals surface area contributed by atoms with Crippen molar-refractivity contribution in [2.24, 2.45) is 0 Å². The fourth-order valence-corrected chi connectivity index (χ4v) is 2.37. The maximum atomic E-state index is 12.3. The van der Waals surface area contributed by atoms with Gasteiger partial charge in [-0.05, 0) is 30.3 Å². The van der Waals surface area contributed by atoms with Crippen LogP contribution in [0.25, 0.3) is 0 Å². The number of carbonyl (C=O) groups excluding carboxylic acids is 1. The number of hydrogen-bond acceptors (Lipinski definition) is 4. The molecule has 0 saturated heterocycles. The standard InChI is InChI=1S/C18H15Cl2N3O2/c1-23(2)11-12(10-21)18(24)22-15-5-3-4-6-17(15)25-16-8-7-13(19)9-14(16)20/h3-9,11H,1-2H3,(H,22,24)/b12-11+. The van der Waals surface area contributed by atoms with E-state index < -0.39 is 5.91 Å². The van der Waals surface area contributed by atoms with Crippen molar-refractivity contribution in [1.82, 2.24) is 4.90 Å². The van der Waals surface area contributed by atoms with Gasteiger partial charge in [0.05, 0.1) is 10.7 Å². The predicted octanol–water partition coefficient (Wildman–Crippen LogP) is 4.69. The highest BCUT2D eigenvalue weighted by molar-refractivity contribution is 6.35. The molecule has 0 radical (unpaired) electrons. The second kappa shape index (κ2) is 8.43. The summed E-state index contributed by atoms with van der Waals surface area (Å²) >= 11 is 12.0. The van der Waals surface area contributed by atoms with Gasteiger partial charge in [0, 0.05) is 25.3 Å². The van der Waals surface area contributed by atoms with Crippen molar-refractivity contribution in [3.63, 3.8) is 0 Å². The zero-order valence-corrected chi connectivity index (χ0v) is 15.1. The molecule has 1 N–H and O–H groups in total. The highest BCUT2D eigenvalue weighted by Crippen LogP contribution is 2.35. The molecule has 2 aromatic rings. The maximum absolute atomic E-state index is 12.3. The molecular weight excluding hydrogens is 361 g/mol. The lowest BCUT2D eigenvalue weighted by Gasteiger charge is -2.13. The number of amides is 1. The van der Waals surface area contributed by atoms with Gasteiger partial charge >= 0.3 is 0 Å². The molecule has 0 spiro atoms. The minimum atomic E-state index is -0.533. The molecule has 2 rings (SSSR count). The summed E-state index contributed by atoms with van der Waals surface area (Å²) in [7, 11) is 3.45. The van der Waals surface area contributed by atoms with Gasteiger partial charge in [0.15, 0.2) is 5.75 Å². The second-order valence-corrected chi connectivity index (χ2v) is 6.09. The van der Waals surface area contributed by atoms with E-state index in [1.54, 1.807) is 61.5 Å². The number of nitrogens with one attached hydrogen (secondary N) is 1. The van der Waals surface area contributed by atoms with Gasteiger partial charge in [-0.3, -0.25) is 4.79 Å². The number of halogens is 2. The summed E-state index contributed by atoms with van der Waals surface area (Å²) < 4.78 is 5.77. The maximum Gasteiger partial charge on any atom is 0.267 e. The van der Waals surface area contributed by atoms with Crippen LogP contribution in [0.5, 0.6) is 11.5 Å². The van der Waals surface area contributed by atoms with Gasteiger partial charge in [-0.15, -0.1) is 0 Å². The molecule has 0 fully saturated rings. The molecule has 0 saturated carbocycles. The average Bonchev–Trinajstić information content (AvgIpc) is 2.56. The molecule has 0 aliphatic carbocycles. The summed E-state index contributed by atoms with van der Waals surface area (Å²) in [4.78, 5) is 13.9. The fourth-order valence-electron chi connectivity index (χ4n) is 1.92. The SMILES string of the molecule is CN(C)/C=C(\C#N)C(=O)Nc1ccccc1Oc1ccc(Cl)cc1Cl. The number of anilines is 1. The van der Waals surface area contributed by atoms with Gasteiger partial charge in [0.25, 0.3) is 5.91 Å². The highest BCUT2D eigenvalue weighted by Gasteiger charge is 2.14. The Morgan fingerprint density at radius 1 is 1.20 bits per heavy atom. The third-order valence-corrected chi connectivity index (χ3v) is 3.53. The van der Waals surface area contributed by atoms with E-state index in [9.17, 15) is 4.79 Å². The van der Waals surface area contributed by atoms with E-state index >= 15 is 0 Å². The van der Waals surface area contributed by atoms with Gasteiger partial charge in [0.2, 0.25) is 0 Å². The molecule has 0 unspecified atom stereocenters. The average molecular weight is 376 g/mol. The van der Waals surface area contributed by atoms with Gasteiger partial charge in [-0.1, -0.05) is 35.3 Å². The Bertz CT molecular complexity index is 858. The van der Waals surface area contributed by atoms with Crippen LogP contribution in [0.1, 0.15) is 0 Å². The number of rotatable bonds is 5. The van der Waals surface area contributed by atoms with E-state index in [4.69, 9.17) is 33.2 Å². The van der Waals surface area contributed by atoms with Crippen LogP contribution in [0.4, 0.5) is 5.69 Å². The molecule has 25 heavy (non-hydrogen) atoms. The quantitative estimate of drug-likeness (QED) is 0.607. The smallest absolute Gasteiger partial charge is 0.267 e. The molecule has 0 aliphatic rings. The number of nitriles is 1. The van der Waals surface area contributed by atoms with Crippen molar-refractivity contribution in [3.05, 3.63) is 64.3 Å². The first-order chi connectivity index (χ1) is 11.9. The summed E-state index contributed by atoms with van der Waals surface area (Å²) in [6.07, 6.45) is 1.44. The molecule has 0 bridgehead atoms. The van der Waals surface area contributed by atoms with Crippen LogP contribution in [0.15, 0.2) is 54.2 Å². The molecule has 128 valence electrons. The normalized spacial score (nSPS) is 10.8. The monoisotopic (exact) mass is 375 g/mol. The minimum Gasteiger partial charge on any atom is -0.454 e. The first kappa shape index (κ1) is 18.7. The zero-order valence-electron chi connectivity index (χ0n) is 13.6. The van der Waals surface area contributed by atoms with E-state index in [1.165, 1.54) is 6.20 Å². The minimum absolute atomic E-state index is 0.0238. The van der Waals surface area contributed by atoms with Crippen LogP contribution in [0.2, 0.25) is 10.0 Å². The van der Waals surface area contributed by atoms with E-state index in [-0.39, 0.29) is 5.57 Å². The Hall–Kier alpha value is -2.68. The van der Waals surface area contributed by atoms with Crippen LogP contribution in [-0.4, -0.2) is 24.9 Å². The first-order valence-electron chi connectivity index (χ1n) is 7.22. The van der Waals surface area contributed by atoms with Crippen molar-refractivity contribution in [2.45, 2.75) is 0 Å². The van der Waals surface area contributed by atoms with Crippen LogP contribution >= 0.6 is 23.2 Å². The van der Waals surface area contributed by atoms with Crippen molar-refractivity contribution >= 4 is 34.8 Å². The lowest BCUT2D eigenvalue weighted by molar-refractivity contribution is -0.112. The molecule has 0 heterocycles. The van der Waals surface area contributed by atoms with Gasteiger partial charge in [-0.2, -0.15) is 5.26 Å². The summed E-state index contributed by atoms with van der Waals surface area (Å²) in [6.45, 7) is 0. The lowest BCUT2D eigenvalue weighted by Crippen LogP contribution is -2.16. The zero-order chi connectivity index (χ0) is 18.4. The largest absolute Gasteiger partial charge is 0.454 e. The number of hydrogen-bond donors (Lipinski definition) is 1. The van der Waals surface area contributed by atoms with Crippen LogP contribution in [-0.2, 0) is 4.79 Å². The Labute approximate surface area is 156 Å². The first-order valence-corrected chi connectivity index (χ1v) is 7.98. The second-order valence-electron chi connectivity index (χ2n) is 5.25. The molecule has 0 atom stereocenters. The van der Waals surface area contributed by atoms with Gasteiger partial charge in [-0.25, -0.2) is 0 Å². The predicted molar refractivity (Wildman–Crippen MR) is 99.0 cm³/mol. The van der Waals surface area contributed by atoms with E-state index in [2.05, 4.69) is 5.32 Å². The number of nitrogens with zero attached hydrogens (tertiary/aromatic N) is 2. The fraction of sp³-hybridized carbons (Fsp3) is 0.111. The molecule has 7 heteroatoms. The number of ether oxygens (including phenoxy) is 1. The van der Waals surface area contributed by atoms with Crippen molar-refractivity contribution < 1.29 is 9.53 Å². The Morgan fingerprint density at radius 2 is 1.92 bits per heavy atom. The van der Waals surface area contributed by atoms with Crippen LogP contribution in [0, 0.1) is 11.3 Å². The number of para-hydroxylation sites is 2. The molecular formula is C18H15Cl2N3O2. The molecule has 2 aromatic carbocycles. The van der Waals surface area contributed by atoms with Crippen molar-refractivity contribution in [1.29, 1.82) is 5.26 Å². The van der Waals surface area contributed by atoms with Crippen molar-refractivity contribution in [3.8, 4) is 17.6 Å². The molecule has 0 aliphatic heterocycles. The Morgan fingerprint density at radius 3 is 2.56 bits per heavy atom. The van der Waals surface area contributed by atoms with E-state index in [1.807, 2.05) is 6.07 Å². The lowest BCUT2D eigenvalue weighted by atomic mass is 10.2. The summed E-state index contributed by atoms with van der Waals surface area (Å²) in [6, 6.07) is 13.6. The number of benzene rings is 2. The third-order valence-electron chi connectivity index (χ3n) is 3.00. The highest BCUT2D eigenvalue weighted by atomic mass is 35.5. The van der Waals surface area contributed by atoms with Gasteiger partial charge in [0.1, 0.15) is 17.4 Å². The molecule has 1 amide bonds. The molecule has 0 aromatic heterocycles. The van der Waals surface area contributed by atoms with Crippen LogP contribution < -0.4 is 10.1 Å². The number of carbonyl (C=O) groups is 1. The van der Waals surface area contributed by atoms with E-state index in [0.717, 1.165) is 0 Å². The Balaban J connectivity index is 2.26. The summed E-state index contributed by atoms with van der Waals surface area (Å²) in [5, 5.41) is 12.6. The van der Waals surface area contributed by atoms with E-state index in [0.29, 0.717) is 27.2 Å². The summed E-state index contributed by atoms with van der Waals surface area (Å²) in [5.74, 6) is 0.258. The summed E-state index contributed by atoms with van der Waals surface area (Å²) in [5.41, 5.74) is 0.391. The van der Waals surface area contributed by atoms with Gasteiger partial charge < -0.3 is 15.0 Å². The topological polar surface area (TPSA) is 65.4 Å². The molecule has 5 nitrogen and oxygen atoms in total. The Kier molecular flexibility index (Phi) is 6.29. The van der Waals surface area contributed by atoms with Crippen molar-refractivity contribution in [2.75, 3.05) is 19.4 Å². The van der Waals surface area contributed by atoms with Crippen LogP contribution in [0.3, 0.4) is 0 Å².